The molecule has 0 saturated heterocycles. The minimum Gasteiger partial charge on any atom is -0.497 e. The summed E-state index contributed by atoms with van der Waals surface area (Å²) in [5.41, 5.74) is 7.78. The molecule has 2 rings (SSSR count). The van der Waals surface area contributed by atoms with Crippen LogP contribution < -0.4 is 25.3 Å². The van der Waals surface area contributed by atoms with Gasteiger partial charge in [0, 0.05) is 18.3 Å². The molecule has 6 nitrogen and oxygen atoms in total. The number of nitrogens with zero attached hydrogens (tertiary/aromatic N) is 1. The standard InChI is InChI=1S/C18H23N3O3.HI/c1-22-15-6-4-5-14(12-15)21-18(19)20-10-9-13-11-16(23-2)7-8-17(13)24-3;/h4-8,11-12H,9-10H2,1-3H3,(H3,19,20,21);1H. The van der Waals surface area contributed by atoms with Crippen molar-refractivity contribution in [2.75, 3.05) is 33.2 Å². The monoisotopic (exact) mass is 457 g/mol. The Labute approximate surface area is 165 Å². The third-order valence-corrected chi connectivity index (χ3v) is 3.49. The fourth-order valence-electron chi connectivity index (χ4n) is 2.26. The molecule has 0 aromatic heterocycles. The highest BCUT2D eigenvalue weighted by Gasteiger charge is 2.05. The summed E-state index contributed by atoms with van der Waals surface area (Å²) in [6, 6.07) is 13.2. The first kappa shape index (κ1) is 20.9. The number of hydrogen-bond acceptors (Lipinski definition) is 4. The minimum atomic E-state index is 0. The predicted molar refractivity (Wildman–Crippen MR) is 112 cm³/mol. The smallest absolute Gasteiger partial charge is 0.193 e. The van der Waals surface area contributed by atoms with Crippen LogP contribution in [0.4, 0.5) is 5.69 Å². The topological polar surface area (TPSA) is 78.1 Å². The van der Waals surface area contributed by atoms with Gasteiger partial charge in [-0.1, -0.05) is 6.07 Å². The zero-order valence-electron chi connectivity index (χ0n) is 14.6. The van der Waals surface area contributed by atoms with E-state index in [4.69, 9.17) is 19.9 Å². The molecule has 0 saturated carbocycles. The van der Waals surface area contributed by atoms with Crippen molar-refractivity contribution in [3.8, 4) is 17.2 Å². The van der Waals surface area contributed by atoms with Gasteiger partial charge in [0.05, 0.1) is 21.3 Å². The summed E-state index contributed by atoms with van der Waals surface area (Å²) >= 11 is 0. The maximum absolute atomic E-state index is 5.93. The second-order valence-corrected chi connectivity index (χ2v) is 5.05. The quantitative estimate of drug-likeness (QED) is 0.379. The third-order valence-electron chi connectivity index (χ3n) is 3.49. The first-order valence-corrected chi connectivity index (χ1v) is 7.58. The van der Waals surface area contributed by atoms with Gasteiger partial charge >= 0.3 is 0 Å². The van der Waals surface area contributed by atoms with E-state index < -0.39 is 0 Å². The van der Waals surface area contributed by atoms with Gasteiger partial charge in [-0.25, -0.2) is 0 Å². The number of hydrogen-bond donors (Lipinski definition) is 2. The Hall–Kier alpha value is -2.16. The number of anilines is 1. The summed E-state index contributed by atoms with van der Waals surface area (Å²) in [6.45, 7) is 0.534. The molecule has 25 heavy (non-hydrogen) atoms. The molecule has 136 valence electrons. The largest absolute Gasteiger partial charge is 0.497 e. The van der Waals surface area contributed by atoms with Crippen LogP contribution in [-0.2, 0) is 6.42 Å². The fraction of sp³-hybridized carbons (Fsp3) is 0.278. The number of nitrogens with one attached hydrogen (secondary N) is 1. The van der Waals surface area contributed by atoms with E-state index in [9.17, 15) is 0 Å². The molecule has 0 heterocycles. The SMILES string of the molecule is COc1cccc(NC(N)=NCCc2cc(OC)ccc2OC)c1.I. The van der Waals surface area contributed by atoms with E-state index in [1.165, 1.54) is 0 Å². The zero-order chi connectivity index (χ0) is 17.4. The Balaban J connectivity index is 0.00000312. The molecule has 2 aromatic carbocycles. The molecule has 0 atom stereocenters. The van der Waals surface area contributed by atoms with Gasteiger partial charge in [-0.2, -0.15) is 0 Å². The van der Waals surface area contributed by atoms with Crippen molar-refractivity contribution in [2.24, 2.45) is 10.7 Å². The highest BCUT2D eigenvalue weighted by molar-refractivity contribution is 14.0. The molecule has 0 bridgehead atoms. The number of rotatable bonds is 7. The summed E-state index contributed by atoms with van der Waals surface area (Å²) < 4.78 is 15.8. The van der Waals surface area contributed by atoms with E-state index in [0.29, 0.717) is 18.9 Å². The van der Waals surface area contributed by atoms with Crippen molar-refractivity contribution in [3.63, 3.8) is 0 Å². The molecule has 0 radical (unpaired) electrons. The molecule has 0 unspecified atom stereocenters. The second kappa shape index (κ2) is 10.7. The zero-order valence-corrected chi connectivity index (χ0v) is 16.9. The number of nitrogens with two attached hydrogens (primary N) is 1. The Morgan fingerprint density at radius 3 is 2.40 bits per heavy atom. The molecular weight excluding hydrogens is 433 g/mol. The molecule has 0 aliphatic rings. The molecule has 0 aliphatic heterocycles. The van der Waals surface area contributed by atoms with E-state index in [0.717, 1.165) is 28.5 Å². The summed E-state index contributed by atoms with van der Waals surface area (Å²) in [7, 11) is 4.91. The van der Waals surface area contributed by atoms with Crippen molar-refractivity contribution in [2.45, 2.75) is 6.42 Å². The lowest BCUT2D eigenvalue weighted by molar-refractivity contribution is 0.399. The van der Waals surface area contributed by atoms with Crippen molar-refractivity contribution in [3.05, 3.63) is 48.0 Å². The van der Waals surface area contributed by atoms with Gasteiger partial charge < -0.3 is 25.3 Å². The van der Waals surface area contributed by atoms with Gasteiger partial charge in [-0.3, -0.25) is 4.99 Å². The number of aliphatic imine (C=N–C) groups is 1. The fourth-order valence-corrected chi connectivity index (χ4v) is 2.26. The summed E-state index contributed by atoms with van der Waals surface area (Å²) in [5, 5.41) is 3.05. The minimum absolute atomic E-state index is 0. The first-order valence-electron chi connectivity index (χ1n) is 7.58. The maximum atomic E-state index is 5.93. The average molecular weight is 457 g/mol. The normalized spacial score (nSPS) is 10.6. The van der Waals surface area contributed by atoms with Crippen LogP contribution in [0.5, 0.6) is 17.2 Å². The van der Waals surface area contributed by atoms with Crippen molar-refractivity contribution < 1.29 is 14.2 Å². The first-order chi connectivity index (χ1) is 11.7. The van der Waals surface area contributed by atoms with Gasteiger partial charge in [-0.15, -0.1) is 24.0 Å². The lowest BCUT2D eigenvalue weighted by Gasteiger charge is -2.10. The van der Waals surface area contributed by atoms with Crippen molar-refractivity contribution in [1.82, 2.24) is 0 Å². The molecule has 0 spiro atoms. The number of benzene rings is 2. The van der Waals surface area contributed by atoms with Gasteiger partial charge in [0.1, 0.15) is 17.2 Å². The van der Waals surface area contributed by atoms with Crippen LogP contribution in [0.1, 0.15) is 5.56 Å². The predicted octanol–water partition coefficient (Wildman–Crippen LogP) is 3.30. The van der Waals surface area contributed by atoms with Gasteiger partial charge in [0.15, 0.2) is 5.96 Å². The van der Waals surface area contributed by atoms with Crippen LogP contribution in [-0.4, -0.2) is 33.8 Å². The van der Waals surface area contributed by atoms with Gasteiger partial charge in [0.25, 0.3) is 0 Å². The Kier molecular flexibility index (Phi) is 8.90. The van der Waals surface area contributed by atoms with Crippen molar-refractivity contribution >= 4 is 35.6 Å². The Bertz CT molecular complexity index is 708. The lowest BCUT2D eigenvalue weighted by Crippen LogP contribution is -2.23. The number of ether oxygens (including phenoxy) is 3. The molecule has 3 N–H and O–H groups in total. The highest BCUT2D eigenvalue weighted by Crippen LogP contribution is 2.24. The molecular formula is C18H24IN3O3. The summed E-state index contributed by atoms with van der Waals surface area (Å²) in [4.78, 5) is 4.35. The molecule has 0 aliphatic carbocycles. The van der Waals surface area contributed by atoms with Crippen LogP contribution in [0.2, 0.25) is 0 Å². The summed E-state index contributed by atoms with van der Waals surface area (Å²) in [6.07, 6.45) is 0.695. The summed E-state index contributed by atoms with van der Waals surface area (Å²) in [5.74, 6) is 2.71. The second-order valence-electron chi connectivity index (χ2n) is 5.05. The lowest BCUT2D eigenvalue weighted by atomic mass is 10.1. The van der Waals surface area contributed by atoms with Crippen LogP contribution in [0, 0.1) is 0 Å². The third kappa shape index (κ3) is 6.33. The van der Waals surface area contributed by atoms with E-state index in [-0.39, 0.29) is 24.0 Å². The number of methoxy groups -OCH3 is 3. The van der Waals surface area contributed by atoms with Crippen molar-refractivity contribution in [1.29, 1.82) is 0 Å². The van der Waals surface area contributed by atoms with E-state index in [1.54, 1.807) is 21.3 Å². The number of halogens is 1. The molecule has 0 fully saturated rings. The van der Waals surface area contributed by atoms with Crippen LogP contribution in [0.15, 0.2) is 47.5 Å². The van der Waals surface area contributed by atoms with Crippen LogP contribution in [0.25, 0.3) is 0 Å². The maximum Gasteiger partial charge on any atom is 0.193 e. The van der Waals surface area contributed by atoms with Gasteiger partial charge in [0.2, 0.25) is 0 Å². The van der Waals surface area contributed by atoms with E-state index in [2.05, 4.69) is 10.3 Å². The number of guanidine groups is 1. The Morgan fingerprint density at radius 1 is 1.00 bits per heavy atom. The van der Waals surface area contributed by atoms with Crippen LogP contribution >= 0.6 is 24.0 Å². The average Bonchev–Trinajstić information content (AvgIpc) is 2.61. The Morgan fingerprint density at radius 2 is 1.72 bits per heavy atom. The van der Waals surface area contributed by atoms with Gasteiger partial charge in [-0.05, 0) is 42.3 Å². The van der Waals surface area contributed by atoms with E-state index >= 15 is 0 Å². The van der Waals surface area contributed by atoms with Crippen LogP contribution in [0.3, 0.4) is 0 Å². The highest BCUT2D eigenvalue weighted by atomic mass is 127. The van der Waals surface area contributed by atoms with E-state index in [1.807, 2.05) is 42.5 Å². The molecule has 0 amide bonds. The molecule has 2 aromatic rings. The molecule has 7 heteroatoms.